The highest BCUT2D eigenvalue weighted by Gasteiger charge is 2.32. The summed E-state index contributed by atoms with van der Waals surface area (Å²) < 4.78 is 0. The molecule has 2 aliphatic rings. The fourth-order valence-electron chi connectivity index (χ4n) is 3.75. The topological polar surface area (TPSA) is 52.7 Å². The van der Waals surface area contributed by atoms with Crippen LogP contribution in [0.15, 0.2) is 48.5 Å². The van der Waals surface area contributed by atoms with Gasteiger partial charge in [0.15, 0.2) is 0 Å². The molecule has 2 aromatic carbocycles. The molecule has 5 heteroatoms. The Labute approximate surface area is 166 Å². The Hall–Kier alpha value is -2.82. The lowest BCUT2D eigenvalue weighted by Crippen LogP contribution is -2.36. The van der Waals surface area contributed by atoms with E-state index in [0.29, 0.717) is 18.2 Å². The summed E-state index contributed by atoms with van der Waals surface area (Å²) in [7, 11) is 0. The zero-order chi connectivity index (χ0) is 19.5. The fraction of sp³-hybridized carbons (Fsp3) is 0.391. The predicted octanol–water partition coefficient (Wildman–Crippen LogP) is 4.43. The van der Waals surface area contributed by atoms with Crippen molar-refractivity contribution in [2.24, 2.45) is 0 Å². The summed E-state index contributed by atoms with van der Waals surface area (Å²) >= 11 is 0. The number of carbonyl (C=O) groups is 2. The van der Waals surface area contributed by atoms with Crippen LogP contribution >= 0.6 is 0 Å². The third-order valence-corrected chi connectivity index (χ3v) is 5.46. The number of aryl methyl sites for hydroxylation is 1. The Morgan fingerprint density at radius 1 is 1.07 bits per heavy atom. The number of benzene rings is 2. The van der Waals surface area contributed by atoms with E-state index in [1.165, 1.54) is 5.56 Å². The second-order valence-electron chi connectivity index (χ2n) is 7.85. The molecule has 0 bridgehead atoms. The monoisotopic (exact) mass is 377 g/mol. The summed E-state index contributed by atoms with van der Waals surface area (Å²) in [6, 6.07) is 15.8. The third-order valence-electron chi connectivity index (χ3n) is 5.46. The maximum atomic E-state index is 12.9. The van der Waals surface area contributed by atoms with Crippen LogP contribution in [-0.2, 0) is 6.54 Å². The van der Waals surface area contributed by atoms with E-state index in [1.54, 1.807) is 12.1 Å². The number of anilines is 1. The average Bonchev–Trinajstić information content (AvgIpc) is 3.39. The van der Waals surface area contributed by atoms with Crippen molar-refractivity contribution in [3.8, 4) is 0 Å². The summed E-state index contributed by atoms with van der Waals surface area (Å²) in [5.74, 6) is 0.0782. The molecule has 1 aliphatic carbocycles. The Kier molecular flexibility index (Phi) is 5.33. The molecule has 0 radical (unpaired) electrons. The van der Waals surface area contributed by atoms with Crippen molar-refractivity contribution in [1.29, 1.82) is 0 Å². The van der Waals surface area contributed by atoms with Crippen LogP contribution in [0.5, 0.6) is 0 Å². The van der Waals surface area contributed by atoms with Crippen LogP contribution in [0.4, 0.5) is 10.5 Å². The molecule has 5 nitrogen and oxygen atoms in total. The van der Waals surface area contributed by atoms with Crippen LogP contribution in [-0.4, -0.2) is 40.9 Å². The molecule has 28 heavy (non-hydrogen) atoms. The summed E-state index contributed by atoms with van der Waals surface area (Å²) in [5.41, 5.74) is 3.75. The van der Waals surface area contributed by atoms with Gasteiger partial charge in [-0.25, -0.2) is 4.79 Å². The first kappa shape index (κ1) is 18.5. The summed E-state index contributed by atoms with van der Waals surface area (Å²) in [6.07, 6.45) is 4.28. The van der Waals surface area contributed by atoms with Gasteiger partial charge in [-0.2, -0.15) is 0 Å². The van der Waals surface area contributed by atoms with E-state index in [2.05, 4.69) is 30.4 Å². The molecule has 1 N–H and O–H groups in total. The second kappa shape index (κ2) is 8.05. The summed E-state index contributed by atoms with van der Waals surface area (Å²) in [6.45, 7) is 4.36. The van der Waals surface area contributed by atoms with Crippen LogP contribution in [0, 0.1) is 6.92 Å². The van der Waals surface area contributed by atoms with Crippen LogP contribution in [0.1, 0.15) is 47.2 Å². The fourth-order valence-corrected chi connectivity index (χ4v) is 3.75. The van der Waals surface area contributed by atoms with Crippen molar-refractivity contribution in [3.05, 3.63) is 65.2 Å². The Morgan fingerprint density at radius 3 is 2.43 bits per heavy atom. The molecular weight excluding hydrogens is 350 g/mol. The maximum absolute atomic E-state index is 12.9. The maximum Gasteiger partial charge on any atom is 0.322 e. The summed E-state index contributed by atoms with van der Waals surface area (Å²) in [4.78, 5) is 29.1. The van der Waals surface area contributed by atoms with Crippen LogP contribution in [0.2, 0.25) is 0 Å². The minimum absolute atomic E-state index is 0.0782. The number of nitrogens with one attached hydrogen (secondary N) is 1. The van der Waals surface area contributed by atoms with Crippen molar-refractivity contribution in [1.82, 2.24) is 9.80 Å². The number of hydrogen-bond acceptors (Lipinski definition) is 2. The Balaban J connectivity index is 1.40. The van der Waals surface area contributed by atoms with Gasteiger partial charge < -0.3 is 15.1 Å². The first-order valence-electron chi connectivity index (χ1n) is 10.1. The van der Waals surface area contributed by atoms with Crippen LogP contribution in [0.3, 0.4) is 0 Å². The van der Waals surface area contributed by atoms with Gasteiger partial charge in [-0.05, 0) is 62.4 Å². The largest absolute Gasteiger partial charge is 0.339 e. The number of amides is 3. The molecule has 1 saturated carbocycles. The standard InChI is InChI=1S/C23H27N3O2/c1-17-5-4-6-18(15-17)16-26(21-11-12-21)23(28)24-20-9-7-19(8-10-20)22(27)25-13-2-3-14-25/h4-10,15,21H,2-3,11-14,16H2,1H3,(H,24,28). The second-order valence-corrected chi connectivity index (χ2v) is 7.85. The zero-order valence-corrected chi connectivity index (χ0v) is 16.4. The third kappa shape index (κ3) is 4.35. The van der Waals surface area contributed by atoms with Gasteiger partial charge in [0.1, 0.15) is 0 Å². The van der Waals surface area contributed by atoms with Crippen molar-refractivity contribution < 1.29 is 9.59 Å². The van der Waals surface area contributed by atoms with Gasteiger partial charge in [-0.15, -0.1) is 0 Å². The van der Waals surface area contributed by atoms with Gasteiger partial charge in [-0.3, -0.25) is 4.79 Å². The van der Waals surface area contributed by atoms with Crippen molar-refractivity contribution in [3.63, 3.8) is 0 Å². The highest BCUT2D eigenvalue weighted by Crippen LogP contribution is 2.29. The average molecular weight is 377 g/mol. The molecule has 1 saturated heterocycles. The van der Waals surface area contributed by atoms with E-state index in [4.69, 9.17) is 0 Å². The molecule has 1 heterocycles. The van der Waals surface area contributed by atoms with Crippen molar-refractivity contribution >= 4 is 17.6 Å². The highest BCUT2D eigenvalue weighted by molar-refractivity contribution is 5.95. The SMILES string of the molecule is Cc1cccc(CN(C(=O)Nc2ccc(C(=O)N3CCCC3)cc2)C2CC2)c1. The lowest BCUT2D eigenvalue weighted by Gasteiger charge is -2.23. The minimum atomic E-state index is -0.0809. The predicted molar refractivity (Wildman–Crippen MR) is 110 cm³/mol. The van der Waals surface area contributed by atoms with E-state index in [0.717, 1.165) is 50.0 Å². The highest BCUT2D eigenvalue weighted by atomic mass is 16.2. The number of hydrogen-bond donors (Lipinski definition) is 1. The van der Waals surface area contributed by atoms with E-state index < -0.39 is 0 Å². The lowest BCUT2D eigenvalue weighted by molar-refractivity contribution is 0.0793. The molecule has 2 fully saturated rings. The molecule has 0 aromatic heterocycles. The van der Waals surface area contributed by atoms with Gasteiger partial charge in [0.05, 0.1) is 0 Å². The molecule has 0 spiro atoms. The van der Waals surface area contributed by atoms with Crippen molar-refractivity contribution in [2.75, 3.05) is 18.4 Å². The quantitative estimate of drug-likeness (QED) is 0.838. The Morgan fingerprint density at radius 2 is 1.79 bits per heavy atom. The van der Waals surface area contributed by atoms with Gasteiger partial charge >= 0.3 is 6.03 Å². The molecule has 146 valence electrons. The molecule has 3 amide bonds. The number of likely N-dealkylation sites (tertiary alicyclic amines) is 1. The molecule has 0 atom stereocenters. The minimum Gasteiger partial charge on any atom is -0.339 e. The van der Waals surface area contributed by atoms with Crippen LogP contribution in [0.25, 0.3) is 0 Å². The van der Waals surface area contributed by atoms with Crippen molar-refractivity contribution in [2.45, 2.75) is 45.2 Å². The number of carbonyl (C=O) groups excluding carboxylic acids is 2. The number of urea groups is 1. The van der Waals surface area contributed by atoms with Gasteiger partial charge in [-0.1, -0.05) is 29.8 Å². The van der Waals surface area contributed by atoms with Gasteiger partial charge in [0, 0.05) is 36.9 Å². The molecular formula is C23H27N3O2. The summed E-state index contributed by atoms with van der Waals surface area (Å²) in [5, 5.41) is 3.00. The van der Waals surface area contributed by atoms with Crippen LogP contribution < -0.4 is 5.32 Å². The zero-order valence-electron chi connectivity index (χ0n) is 16.4. The van der Waals surface area contributed by atoms with E-state index >= 15 is 0 Å². The first-order chi connectivity index (χ1) is 13.6. The number of nitrogens with zero attached hydrogens (tertiary/aromatic N) is 2. The molecule has 2 aromatic rings. The normalized spacial score (nSPS) is 16.1. The lowest BCUT2D eigenvalue weighted by atomic mass is 10.1. The molecule has 1 aliphatic heterocycles. The van der Waals surface area contributed by atoms with Gasteiger partial charge in [0.25, 0.3) is 5.91 Å². The number of rotatable bonds is 5. The Bertz CT molecular complexity index is 852. The van der Waals surface area contributed by atoms with Gasteiger partial charge in [0.2, 0.25) is 0 Å². The molecule has 0 unspecified atom stereocenters. The van der Waals surface area contributed by atoms with E-state index in [1.807, 2.05) is 28.0 Å². The smallest absolute Gasteiger partial charge is 0.322 e. The first-order valence-corrected chi connectivity index (χ1v) is 10.1. The van der Waals surface area contributed by atoms with E-state index in [-0.39, 0.29) is 11.9 Å². The van der Waals surface area contributed by atoms with E-state index in [9.17, 15) is 9.59 Å². The molecule has 4 rings (SSSR count).